The highest BCUT2D eigenvalue weighted by Crippen LogP contribution is 2.15. The third-order valence-corrected chi connectivity index (χ3v) is 5.36. The quantitative estimate of drug-likeness (QED) is 0.491. The van der Waals surface area contributed by atoms with E-state index in [0.29, 0.717) is 6.42 Å². The van der Waals surface area contributed by atoms with Crippen LogP contribution in [0.2, 0.25) is 0 Å². The average molecular weight is 348 g/mol. The van der Waals surface area contributed by atoms with Crippen molar-refractivity contribution >= 4 is 27.5 Å². The zero-order valence-corrected chi connectivity index (χ0v) is 15.7. The van der Waals surface area contributed by atoms with E-state index in [-0.39, 0.29) is 5.91 Å². The number of amides is 1. The number of carbonyl (C=O) groups is 1. The van der Waals surface area contributed by atoms with E-state index in [1.165, 1.54) is 43.2 Å². The Balaban J connectivity index is 1.70. The van der Waals surface area contributed by atoms with Crippen molar-refractivity contribution in [2.45, 2.75) is 64.7 Å². The molecule has 0 saturated heterocycles. The fourth-order valence-corrected chi connectivity index (χ4v) is 3.75. The van der Waals surface area contributed by atoms with Crippen molar-refractivity contribution in [3.05, 3.63) is 29.1 Å². The molecule has 0 atom stereocenters. The first-order valence-corrected chi connectivity index (χ1v) is 9.91. The van der Waals surface area contributed by atoms with Crippen molar-refractivity contribution in [2.75, 3.05) is 0 Å². The maximum Gasteiger partial charge on any atom is 0.240 e. The number of unbranched alkanes of at least 4 members (excludes halogenated alkanes) is 7. The second kappa shape index (κ2) is 10.3. The predicted octanol–water partition coefficient (Wildman–Crippen LogP) is 4.70. The van der Waals surface area contributed by atoms with Gasteiger partial charge in [-0.3, -0.25) is 4.79 Å². The summed E-state index contributed by atoms with van der Waals surface area (Å²) in [4.78, 5) is 12.7. The first-order valence-electron chi connectivity index (χ1n) is 9.09. The van der Waals surface area contributed by atoms with Gasteiger partial charge in [-0.05, 0) is 18.6 Å². The minimum Gasteiger partial charge on any atom is -0.318 e. The Kier molecular flexibility index (Phi) is 8.02. The van der Waals surface area contributed by atoms with Crippen LogP contribution in [0.1, 0.15) is 64.7 Å². The van der Waals surface area contributed by atoms with Crippen LogP contribution in [0.3, 0.4) is 0 Å². The van der Waals surface area contributed by atoms with Gasteiger partial charge in [-0.25, -0.2) is 5.43 Å². The number of hydrogen-bond acceptors (Lipinski definition) is 3. The Labute approximate surface area is 148 Å². The first-order chi connectivity index (χ1) is 11.7. The summed E-state index contributed by atoms with van der Waals surface area (Å²) in [6, 6.07) is 8.16. The van der Waals surface area contributed by atoms with Crippen LogP contribution >= 0.6 is 11.3 Å². The number of fused-ring (bicyclic) bond motifs is 1. The predicted molar refractivity (Wildman–Crippen MR) is 102 cm³/mol. The van der Waals surface area contributed by atoms with Gasteiger partial charge in [0, 0.05) is 13.5 Å². The topological polar surface area (TPSA) is 46.4 Å². The van der Waals surface area contributed by atoms with Crippen LogP contribution in [0.4, 0.5) is 0 Å². The SMILES string of the molecule is CCCCCCCCCCC(=O)N/N=c1\sc2ccccc2n1C. The van der Waals surface area contributed by atoms with Crippen LogP contribution < -0.4 is 10.2 Å². The Bertz CT molecular complexity index is 702. The van der Waals surface area contributed by atoms with E-state index >= 15 is 0 Å². The number of benzene rings is 1. The molecule has 4 nitrogen and oxygen atoms in total. The number of rotatable bonds is 10. The van der Waals surface area contributed by atoms with E-state index in [0.717, 1.165) is 23.2 Å². The zero-order valence-electron chi connectivity index (χ0n) is 14.9. The van der Waals surface area contributed by atoms with Crippen molar-refractivity contribution in [2.24, 2.45) is 12.1 Å². The molecule has 1 aromatic heterocycles. The minimum atomic E-state index is 0.0124. The first kappa shape index (κ1) is 18.7. The Hall–Kier alpha value is -1.62. The van der Waals surface area contributed by atoms with Crippen LogP contribution in [0, 0.1) is 0 Å². The lowest BCUT2D eigenvalue weighted by atomic mass is 10.1. The van der Waals surface area contributed by atoms with Crippen LogP contribution in [0.25, 0.3) is 10.2 Å². The third-order valence-electron chi connectivity index (χ3n) is 4.25. The lowest BCUT2D eigenvalue weighted by Gasteiger charge is -2.01. The molecule has 0 aliphatic carbocycles. The highest BCUT2D eigenvalue weighted by Gasteiger charge is 2.03. The lowest BCUT2D eigenvalue weighted by molar-refractivity contribution is -0.121. The summed E-state index contributed by atoms with van der Waals surface area (Å²) in [5.41, 5.74) is 3.83. The Morgan fingerprint density at radius 1 is 1.08 bits per heavy atom. The molecule has 1 amide bonds. The largest absolute Gasteiger partial charge is 0.318 e. The summed E-state index contributed by atoms with van der Waals surface area (Å²) in [5.74, 6) is 0.0124. The molecule has 24 heavy (non-hydrogen) atoms. The van der Waals surface area contributed by atoms with Gasteiger partial charge in [-0.15, -0.1) is 5.10 Å². The summed E-state index contributed by atoms with van der Waals surface area (Å²) in [6.07, 6.45) is 10.5. The van der Waals surface area contributed by atoms with Crippen LogP contribution in [0.15, 0.2) is 29.4 Å². The molecular weight excluding hydrogens is 318 g/mol. The van der Waals surface area contributed by atoms with Crippen LogP contribution in [0.5, 0.6) is 0 Å². The number of nitrogens with zero attached hydrogens (tertiary/aromatic N) is 2. The van der Waals surface area contributed by atoms with Gasteiger partial charge >= 0.3 is 0 Å². The van der Waals surface area contributed by atoms with E-state index in [1.54, 1.807) is 11.3 Å². The minimum absolute atomic E-state index is 0.0124. The Morgan fingerprint density at radius 2 is 1.75 bits per heavy atom. The molecule has 1 aromatic carbocycles. The maximum absolute atomic E-state index is 11.9. The maximum atomic E-state index is 11.9. The molecular formula is C19H29N3OS. The van der Waals surface area contributed by atoms with E-state index in [4.69, 9.17) is 0 Å². The smallest absolute Gasteiger partial charge is 0.240 e. The highest BCUT2D eigenvalue weighted by atomic mass is 32.1. The standard InChI is InChI=1S/C19H29N3OS/c1-3-4-5-6-7-8-9-10-15-18(23)20-21-19-22(2)16-13-11-12-14-17(16)24-19/h11-14H,3-10,15H2,1-2H3,(H,20,23)/b21-19-. The molecule has 0 aliphatic heterocycles. The fraction of sp³-hybridized carbons (Fsp3) is 0.579. The molecule has 0 spiro atoms. The van der Waals surface area contributed by atoms with E-state index in [2.05, 4.69) is 29.6 Å². The van der Waals surface area contributed by atoms with Gasteiger partial charge in [0.25, 0.3) is 0 Å². The molecule has 0 unspecified atom stereocenters. The molecule has 0 fully saturated rings. The molecule has 5 heteroatoms. The van der Waals surface area contributed by atoms with Gasteiger partial charge in [0.05, 0.1) is 10.2 Å². The molecule has 0 saturated carbocycles. The summed E-state index contributed by atoms with van der Waals surface area (Å²) in [6.45, 7) is 2.24. The number of hydrogen-bond donors (Lipinski definition) is 1. The molecule has 0 radical (unpaired) electrons. The fourth-order valence-electron chi connectivity index (χ4n) is 2.77. The van der Waals surface area contributed by atoms with Gasteiger partial charge in [0.2, 0.25) is 10.7 Å². The molecule has 0 bridgehead atoms. The van der Waals surface area contributed by atoms with Crippen molar-refractivity contribution in [3.8, 4) is 0 Å². The van der Waals surface area contributed by atoms with Gasteiger partial charge in [0.15, 0.2) is 0 Å². The molecule has 0 aliphatic rings. The molecule has 2 aromatic rings. The van der Waals surface area contributed by atoms with Gasteiger partial charge in [-0.1, -0.05) is 75.3 Å². The molecule has 1 N–H and O–H groups in total. The number of nitrogens with one attached hydrogen (secondary N) is 1. The summed E-state index contributed by atoms with van der Waals surface area (Å²) in [7, 11) is 1.97. The van der Waals surface area contributed by atoms with Crippen molar-refractivity contribution < 1.29 is 4.79 Å². The third kappa shape index (κ3) is 5.78. The highest BCUT2D eigenvalue weighted by molar-refractivity contribution is 7.16. The molecule has 2 rings (SSSR count). The monoisotopic (exact) mass is 347 g/mol. The summed E-state index contributed by atoms with van der Waals surface area (Å²) >= 11 is 1.59. The van der Waals surface area contributed by atoms with Gasteiger partial charge in [0.1, 0.15) is 0 Å². The van der Waals surface area contributed by atoms with Crippen molar-refractivity contribution in [1.29, 1.82) is 0 Å². The van der Waals surface area contributed by atoms with Gasteiger partial charge in [-0.2, -0.15) is 0 Å². The summed E-state index contributed by atoms with van der Waals surface area (Å²) < 4.78 is 3.19. The van der Waals surface area contributed by atoms with Crippen molar-refractivity contribution in [1.82, 2.24) is 9.99 Å². The second-order valence-electron chi connectivity index (χ2n) is 6.28. The number of thiazole rings is 1. The van der Waals surface area contributed by atoms with Gasteiger partial charge < -0.3 is 4.57 Å². The summed E-state index contributed by atoms with van der Waals surface area (Å²) in [5, 5.41) is 4.27. The second-order valence-corrected chi connectivity index (χ2v) is 7.29. The Morgan fingerprint density at radius 3 is 2.46 bits per heavy atom. The lowest BCUT2D eigenvalue weighted by Crippen LogP contribution is -2.22. The zero-order chi connectivity index (χ0) is 17.2. The van der Waals surface area contributed by atoms with E-state index in [9.17, 15) is 4.79 Å². The van der Waals surface area contributed by atoms with E-state index < -0.39 is 0 Å². The molecule has 1 heterocycles. The normalized spacial score (nSPS) is 12.0. The van der Waals surface area contributed by atoms with E-state index in [1.807, 2.05) is 23.7 Å². The van der Waals surface area contributed by atoms with Crippen molar-refractivity contribution in [3.63, 3.8) is 0 Å². The van der Waals surface area contributed by atoms with Crippen LogP contribution in [-0.2, 0) is 11.8 Å². The van der Waals surface area contributed by atoms with Crippen LogP contribution in [-0.4, -0.2) is 10.5 Å². The number of carbonyl (C=O) groups excluding carboxylic acids is 1. The number of para-hydroxylation sites is 1. The average Bonchev–Trinajstić information content (AvgIpc) is 2.92. The number of aromatic nitrogens is 1. The molecule has 132 valence electrons. The number of aryl methyl sites for hydroxylation is 1.